The fraction of sp³-hybridized carbons (Fsp3) is 0.417. The van der Waals surface area contributed by atoms with E-state index in [-0.39, 0.29) is 63.7 Å². The van der Waals surface area contributed by atoms with E-state index in [0.717, 1.165) is 25.9 Å². The molecule has 82 valence electrons. The van der Waals surface area contributed by atoms with Crippen molar-refractivity contribution in [3.63, 3.8) is 0 Å². The standard InChI is InChI=1S/C12H14NO.H2O.Rb/c1-13-6-4-11-3-2-10(9-14)8-12(11)5-7-13;;/h2-3,8H,4-7H2,1H3;1H2;/q-1;;+1/p-1. The van der Waals surface area contributed by atoms with Crippen molar-refractivity contribution in [3.05, 3.63) is 34.9 Å². The largest absolute Gasteiger partial charge is 1.00 e. The second-order valence-corrected chi connectivity index (χ2v) is 3.89. The molecule has 0 bridgehead atoms. The average molecular weight is 291 g/mol. The van der Waals surface area contributed by atoms with Gasteiger partial charge in [0, 0.05) is 13.1 Å². The molecule has 1 aliphatic rings. The Kier molecular flexibility index (Phi) is 8.15. The van der Waals surface area contributed by atoms with Gasteiger partial charge in [-0.05, 0) is 19.9 Å². The minimum atomic E-state index is 0. The van der Waals surface area contributed by atoms with Crippen LogP contribution in [0.15, 0.2) is 18.2 Å². The first kappa shape index (κ1) is 16.6. The second-order valence-electron chi connectivity index (χ2n) is 3.89. The monoisotopic (exact) mass is 290 g/mol. The molecule has 16 heavy (non-hydrogen) atoms. The summed E-state index contributed by atoms with van der Waals surface area (Å²) in [6.07, 6.45) is 4.08. The van der Waals surface area contributed by atoms with Crippen LogP contribution in [0.4, 0.5) is 0 Å². The average Bonchev–Trinajstić information content (AvgIpc) is 2.40. The number of hydrogen-bond donors (Lipinski definition) is 0. The maximum Gasteiger partial charge on any atom is 1.00 e. The summed E-state index contributed by atoms with van der Waals surface area (Å²) in [7, 11) is 2.14. The van der Waals surface area contributed by atoms with E-state index in [1.807, 2.05) is 18.4 Å². The Balaban J connectivity index is 0.00000112. The number of hydrogen-bond acceptors (Lipinski definition) is 3. The second kappa shape index (κ2) is 7.85. The molecule has 1 N–H and O–H groups in total. The van der Waals surface area contributed by atoms with Gasteiger partial charge in [-0.3, -0.25) is 0 Å². The van der Waals surface area contributed by atoms with Crippen LogP contribution < -0.4 is 58.2 Å². The fourth-order valence-corrected chi connectivity index (χ4v) is 1.90. The van der Waals surface area contributed by atoms with Crippen LogP contribution in [-0.4, -0.2) is 36.8 Å². The van der Waals surface area contributed by atoms with Gasteiger partial charge in [0.25, 0.3) is 0 Å². The van der Waals surface area contributed by atoms with Crippen molar-refractivity contribution in [2.45, 2.75) is 12.8 Å². The minimum absolute atomic E-state index is 0. The Morgan fingerprint density at radius 2 is 1.81 bits per heavy atom. The Morgan fingerprint density at radius 3 is 2.44 bits per heavy atom. The predicted molar refractivity (Wildman–Crippen MR) is 58.1 cm³/mol. The summed E-state index contributed by atoms with van der Waals surface area (Å²) in [5, 5.41) is 0. The van der Waals surface area contributed by atoms with Crippen LogP contribution in [0.3, 0.4) is 0 Å². The summed E-state index contributed by atoms with van der Waals surface area (Å²) in [6, 6.07) is 5.90. The van der Waals surface area contributed by atoms with Crippen molar-refractivity contribution >= 4 is 6.29 Å². The van der Waals surface area contributed by atoms with Gasteiger partial charge >= 0.3 is 58.2 Å². The van der Waals surface area contributed by atoms with Gasteiger partial charge in [0.15, 0.2) is 0 Å². The van der Waals surface area contributed by atoms with Crippen LogP contribution in [0.25, 0.3) is 0 Å². The van der Waals surface area contributed by atoms with E-state index in [1.54, 1.807) is 0 Å². The molecule has 1 aromatic rings. The van der Waals surface area contributed by atoms with Crippen molar-refractivity contribution in [1.82, 2.24) is 4.90 Å². The van der Waals surface area contributed by atoms with Crippen LogP contribution in [0, 0.1) is 0 Å². The molecule has 0 spiro atoms. The van der Waals surface area contributed by atoms with E-state index in [2.05, 4.69) is 18.0 Å². The quantitative estimate of drug-likeness (QED) is 0.562. The van der Waals surface area contributed by atoms with Gasteiger partial charge in [-0.2, -0.15) is 17.7 Å². The summed E-state index contributed by atoms with van der Waals surface area (Å²) >= 11 is 0. The van der Waals surface area contributed by atoms with Crippen LogP contribution in [0.1, 0.15) is 16.7 Å². The molecule has 0 aliphatic carbocycles. The number of rotatable bonds is 1. The minimum Gasteiger partial charge on any atom is -0.870 e. The summed E-state index contributed by atoms with van der Waals surface area (Å²) in [5.41, 5.74) is 3.37. The van der Waals surface area contributed by atoms with Crippen LogP contribution >= 0.6 is 0 Å². The van der Waals surface area contributed by atoms with E-state index in [0.29, 0.717) is 5.56 Å². The molecule has 0 amide bonds. The molecule has 2 rings (SSSR count). The molecule has 0 atom stereocenters. The molecule has 0 aromatic heterocycles. The first-order chi connectivity index (χ1) is 6.79. The molecular weight excluding hydrogens is 276 g/mol. The molecular formula is C12H15NO2Rb-. The molecule has 3 nitrogen and oxygen atoms in total. The Bertz CT molecular complexity index is 355. The van der Waals surface area contributed by atoms with Crippen molar-refractivity contribution in [2.24, 2.45) is 0 Å². The maximum atomic E-state index is 10.5. The molecule has 0 unspecified atom stereocenters. The fourth-order valence-electron chi connectivity index (χ4n) is 1.90. The summed E-state index contributed by atoms with van der Waals surface area (Å²) < 4.78 is 0. The van der Waals surface area contributed by atoms with Crippen LogP contribution in [0.5, 0.6) is 0 Å². The normalized spacial score (nSPS) is 15.1. The van der Waals surface area contributed by atoms with Gasteiger partial charge in [-0.1, -0.05) is 11.1 Å². The molecule has 0 radical (unpaired) electrons. The summed E-state index contributed by atoms with van der Waals surface area (Å²) in [6.45, 7) is 2.19. The molecule has 0 saturated heterocycles. The molecule has 1 heterocycles. The predicted octanol–water partition coefficient (Wildman–Crippen LogP) is -2.00. The zero-order valence-electron chi connectivity index (χ0n) is 9.86. The Morgan fingerprint density at radius 1 is 1.19 bits per heavy atom. The van der Waals surface area contributed by atoms with Crippen molar-refractivity contribution < 1.29 is 68.5 Å². The van der Waals surface area contributed by atoms with Crippen LogP contribution in [-0.2, 0) is 17.6 Å². The number of benzene rings is 1. The van der Waals surface area contributed by atoms with Gasteiger partial charge in [0.1, 0.15) is 0 Å². The van der Waals surface area contributed by atoms with Crippen LogP contribution in [0.2, 0.25) is 0 Å². The van der Waals surface area contributed by atoms with Gasteiger partial charge in [-0.15, -0.1) is 6.07 Å². The third kappa shape index (κ3) is 4.13. The van der Waals surface area contributed by atoms with E-state index < -0.39 is 0 Å². The van der Waals surface area contributed by atoms with Gasteiger partial charge in [-0.25, -0.2) is 0 Å². The number of nitrogens with zero attached hydrogens (tertiary/aromatic N) is 1. The Labute approximate surface area is 145 Å². The van der Waals surface area contributed by atoms with E-state index in [9.17, 15) is 4.79 Å². The first-order valence-corrected chi connectivity index (χ1v) is 4.98. The molecule has 0 fully saturated rings. The maximum absolute atomic E-state index is 10.5. The number of likely N-dealkylation sites (N-methyl/N-ethyl adjacent to an activating group) is 1. The zero-order valence-corrected chi connectivity index (χ0v) is 14.8. The SMILES string of the molecule is CN1CCc2ccc([C-]=O)cc2CC1.[OH-].[Rb+]. The first-order valence-electron chi connectivity index (χ1n) is 4.98. The summed E-state index contributed by atoms with van der Waals surface area (Å²) in [4.78, 5) is 12.8. The van der Waals surface area contributed by atoms with E-state index in [1.165, 1.54) is 11.1 Å². The Hall–Kier alpha value is 0.615. The molecule has 4 heteroatoms. The van der Waals surface area contributed by atoms with Gasteiger partial charge in [0.05, 0.1) is 6.29 Å². The van der Waals surface area contributed by atoms with Crippen molar-refractivity contribution in [1.29, 1.82) is 0 Å². The number of fused-ring (bicyclic) bond motifs is 1. The summed E-state index contributed by atoms with van der Waals surface area (Å²) in [5.74, 6) is 0. The smallest absolute Gasteiger partial charge is 0.870 e. The van der Waals surface area contributed by atoms with Gasteiger partial charge in [0.2, 0.25) is 0 Å². The van der Waals surface area contributed by atoms with Crippen molar-refractivity contribution in [2.75, 3.05) is 20.1 Å². The number of carbonyl (C=O) groups excluding carboxylic acids is 1. The zero-order chi connectivity index (χ0) is 9.97. The van der Waals surface area contributed by atoms with E-state index in [4.69, 9.17) is 0 Å². The van der Waals surface area contributed by atoms with E-state index >= 15 is 0 Å². The van der Waals surface area contributed by atoms with Crippen molar-refractivity contribution in [3.8, 4) is 0 Å². The molecule has 0 saturated carbocycles. The third-order valence-electron chi connectivity index (χ3n) is 2.85. The molecule has 1 aliphatic heterocycles. The molecule has 1 aromatic carbocycles. The topological polar surface area (TPSA) is 50.3 Å². The third-order valence-corrected chi connectivity index (χ3v) is 2.85. The van der Waals surface area contributed by atoms with Gasteiger partial charge < -0.3 is 15.2 Å².